The van der Waals surface area contributed by atoms with Gasteiger partial charge < -0.3 is 14.2 Å². The van der Waals surface area contributed by atoms with Crippen LogP contribution in [0.4, 0.5) is 0 Å². The van der Waals surface area contributed by atoms with Crippen LogP contribution in [0.2, 0.25) is 0 Å². The van der Waals surface area contributed by atoms with Crippen molar-refractivity contribution >= 4 is 5.91 Å². The SMILES string of the molecule is Cc1noc(C2CN(C(=O)c3cc(C)n(C)n3)CC2COCC2CC2)n1. The van der Waals surface area contributed by atoms with Crippen LogP contribution in [0.25, 0.3) is 0 Å². The minimum absolute atomic E-state index is 0.00385. The number of amides is 1. The predicted octanol–water partition coefficient (Wildman–Crippen LogP) is 1.70. The number of carbonyl (C=O) groups is 1. The zero-order chi connectivity index (χ0) is 18.3. The highest BCUT2D eigenvalue weighted by atomic mass is 16.5. The van der Waals surface area contributed by atoms with E-state index in [2.05, 4.69) is 15.2 Å². The zero-order valence-electron chi connectivity index (χ0n) is 15.5. The lowest BCUT2D eigenvalue weighted by Gasteiger charge is -2.15. The van der Waals surface area contributed by atoms with E-state index in [0.29, 0.717) is 37.1 Å². The Morgan fingerprint density at radius 2 is 2.12 bits per heavy atom. The number of rotatable bonds is 6. The third kappa shape index (κ3) is 3.51. The summed E-state index contributed by atoms with van der Waals surface area (Å²) >= 11 is 0. The van der Waals surface area contributed by atoms with Crippen molar-refractivity contribution in [2.45, 2.75) is 32.6 Å². The fourth-order valence-electron chi connectivity index (χ4n) is 3.45. The van der Waals surface area contributed by atoms with Crippen molar-refractivity contribution in [1.82, 2.24) is 24.8 Å². The Kier molecular flexibility index (Phi) is 4.52. The molecule has 1 amide bonds. The first kappa shape index (κ1) is 17.2. The van der Waals surface area contributed by atoms with Gasteiger partial charge in [-0.05, 0) is 38.7 Å². The summed E-state index contributed by atoms with van der Waals surface area (Å²) in [6, 6.07) is 1.82. The van der Waals surface area contributed by atoms with E-state index in [1.807, 2.05) is 24.9 Å². The van der Waals surface area contributed by atoms with Crippen molar-refractivity contribution in [3.63, 3.8) is 0 Å². The van der Waals surface area contributed by atoms with Crippen LogP contribution in [-0.2, 0) is 11.8 Å². The predicted molar refractivity (Wildman–Crippen MR) is 92.7 cm³/mol. The molecule has 1 saturated carbocycles. The molecule has 8 nitrogen and oxygen atoms in total. The van der Waals surface area contributed by atoms with Gasteiger partial charge >= 0.3 is 0 Å². The summed E-state index contributed by atoms with van der Waals surface area (Å²) in [6.07, 6.45) is 2.53. The molecule has 8 heteroatoms. The number of carbonyl (C=O) groups excluding carboxylic acids is 1. The van der Waals surface area contributed by atoms with Gasteiger partial charge in [0.05, 0.1) is 12.5 Å². The first-order valence-electron chi connectivity index (χ1n) is 9.19. The van der Waals surface area contributed by atoms with E-state index in [0.717, 1.165) is 18.2 Å². The Morgan fingerprint density at radius 1 is 1.31 bits per heavy atom. The van der Waals surface area contributed by atoms with E-state index in [-0.39, 0.29) is 17.7 Å². The van der Waals surface area contributed by atoms with Crippen LogP contribution in [0.1, 0.15) is 46.7 Å². The topological polar surface area (TPSA) is 86.3 Å². The fourth-order valence-corrected chi connectivity index (χ4v) is 3.45. The summed E-state index contributed by atoms with van der Waals surface area (Å²) in [4.78, 5) is 19.1. The second-order valence-corrected chi connectivity index (χ2v) is 7.53. The van der Waals surface area contributed by atoms with E-state index in [4.69, 9.17) is 9.26 Å². The maximum absolute atomic E-state index is 12.9. The van der Waals surface area contributed by atoms with Crippen LogP contribution < -0.4 is 0 Å². The lowest BCUT2D eigenvalue weighted by Crippen LogP contribution is -2.29. The molecule has 2 atom stereocenters. The quantitative estimate of drug-likeness (QED) is 0.780. The Bertz CT molecular complexity index is 775. The summed E-state index contributed by atoms with van der Waals surface area (Å²) in [7, 11) is 1.84. The van der Waals surface area contributed by atoms with Crippen molar-refractivity contribution in [2.24, 2.45) is 18.9 Å². The van der Waals surface area contributed by atoms with Crippen molar-refractivity contribution in [2.75, 3.05) is 26.3 Å². The highest BCUT2D eigenvalue weighted by molar-refractivity contribution is 5.92. The summed E-state index contributed by atoms with van der Waals surface area (Å²) in [6.45, 7) is 6.32. The first-order valence-corrected chi connectivity index (χ1v) is 9.19. The lowest BCUT2D eigenvalue weighted by atomic mass is 9.97. The first-order chi connectivity index (χ1) is 12.5. The van der Waals surface area contributed by atoms with Gasteiger partial charge in [0.2, 0.25) is 5.89 Å². The van der Waals surface area contributed by atoms with Gasteiger partial charge in [0, 0.05) is 38.4 Å². The average Bonchev–Trinajstić information content (AvgIpc) is 3.01. The molecular weight excluding hydrogens is 334 g/mol. The molecule has 3 heterocycles. The lowest BCUT2D eigenvalue weighted by molar-refractivity contribution is 0.0731. The minimum Gasteiger partial charge on any atom is -0.381 e. The van der Waals surface area contributed by atoms with Crippen molar-refractivity contribution in [3.05, 3.63) is 29.2 Å². The van der Waals surface area contributed by atoms with Crippen LogP contribution in [0, 0.1) is 25.7 Å². The molecule has 0 spiro atoms. The fraction of sp³-hybridized carbons (Fsp3) is 0.667. The molecule has 1 saturated heterocycles. The number of ether oxygens (including phenoxy) is 1. The highest BCUT2D eigenvalue weighted by Crippen LogP contribution is 2.34. The Balaban J connectivity index is 1.48. The Morgan fingerprint density at radius 3 is 2.73 bits per heavy atom. The summed E-state index contributed by atoms with van der Waals surface area (Å²) in [5.74, 6) is 2.03. The highest BCUT2D eigenvalue weighted by Gasteiger charge is 2.40. The zero-order valence-corrected chi connectivity index (χ0v) is 15.5. The molecule has 0 N–H and O–H groups in total. The second kappa shape index (κ2) is 6.83. The molecule has 2 aromatic rings. The summed E-state index contributed by atoms with van der Waals surface area (Å²) in [5, 5.41) is 8.23. The van der Waals surface area contributed by atoms with Gasteiger partial charge in [-0.3, -0.25) is 9.48 Å². The molecule has 2 fully saturated rings. The molecule has 26 heavy (non-hydrogen) atoms. The van der Waals surface area contributed by atoms with Gasteiger partial charge in [0.1, 0.15) is 0 Å². The van der Waals surface area contributed by atoms with E-state index < -0.39 is 0 Å². The molecule has 4 rings (SSSR count). The molecule has 0 aromatic carbocycles. The van der Waals surface area contributed by atoms with Gasteiger partial charge in [-0.15, -0.1) is 0 Å². The number of hydrogen-bond donors (Lipinski definition) is 0. The van der Waals surface area contributed by atoms with Crippen molar-refractivity contribution < 1.29 is 14.1 Å². The molecule has 0 bridgehead atoms. The number of likely N-dealkylation sites (tertiary alicyclic amines) is 1. The van der Waals surface area contributed by atoms with Gasteiger partial charge in [0.15, 0.2) is 11.5 Å². The minimum atomic E-state index is -0.0559. The van der Waals surface area contributed by atoms with Gasteiger partial charge in [0.25, 0.3) is 5.91 Å². The average molecular weight is 359 g/mol. The summed E-state index contributed by atoms with van der Waals surface area (Å²) in [5.41, 5.74) is 1.44. The van der Waals surface area contributed by atoms with Gasteiger partial charge in [-0.2, -0.15) is 10.1 Å². The van der Waals surface area contributed by atoms with Crippen molar-refractivity contribution in [1.29, 1.82) is 0 Å². The van der Waals surface area contributed by atoms with Crippen LogP contribution >= 0.6 is 0 Å². The van der Waals surface area contributed by atoms with Crippen LogP contribution in [0.5, 0.6) is 0 Å². The molecule has 2 aromatic heterocycles. The Hall–Kier alpha value is -2.22. The van der Waals surface area contributed by atoms with Gasteiger partial charge in [-0.25, -0.2) is 0 Å². The smallest absolute Gasteiger partial charge is 0.274 e. The number of aromatic nitrogens is 4. The number of hydrogen-bond acceptors (Lipinski definition) is 6. The van der Waals surface area contributed by atoms with Crippen LogP contribution in [0.15, 0.2) is 10.6 Å². The maximum Gasteiger partial charge on any atom is 0.274 e. The largest absolute Gasteiger partial charge is 0.381 e. The second-order valence-electron chi connectivity index (χ2n) is 7.53. The molecule has 1 aliphatic heterocycles. The normalized spacial score (nSPS) is 23.0. The third-order valence-corrected chi connectivity index (χ3v) is 5.30. The van der Waals surface area contributed by atoms with Crippen LogP contribution in [-0.4, -0.2) is 57.0 Å². The molecule has 0 radical (unpaired) electrons. The molecule has 2 unspecified atom stereocenters. The maximum atomic E-state index is 12.9. The molecular formula is C18H25N5O3. The molecule has 140 valence electrons. The standard InChI is InChI=1S/C18H25N5O3/c1-11-6-16(20-22(11)3)18(24)23-7-14(10-25-9-13-4-5-13)15(8-23)17-19-12(2)21-26-17/h6,13-15H,4-5,7-10H2,1-3H3. The number of nitrogens with zero attached hydrogens (tertiary/aromatic N) is 5. The van der Waals surface area contributed by atoms with Crippen LogP contribution in [0.3, 0.4) is 0 Å². The van der Waals surface area contributed by atoms with Gasteiger partial charge in [-0.1, -0.05) is 5.16 Å². The molecule has 1 aliphatic carbocycles. The van der Waals surface area contributed by atoms with E-state index in [1.165, 1.54) is 12.8 Å². The summed E-state index contributed by atoms with van der Waals surface area (Å²) < 4.78 is 13.0. The van der Waals surface area contributed by atoms with Crippen molar-refractivity contribution in [3.8, 4) is 0 Å². The van der Waals surface area contributed by atoms with E-state index >= 15 is 0 Å². The van der Waals surface area contributed by atoms with E-state index in [1.54, 1.807) is 11.6 Å². The third-order valence-electron chi connectivity index (χ3n) is 5.30. The van der Waals surface area contributed by atoms with E-state index in [9.17, 15) is 4.79 Å². The monoisotopic (exact) mass is 359 g/mol. The number of aryl methyl sites for hydroxylation is 3. The molecule has 2 aliphatic rings. The Labute approximate surface area is 152 Å².